The van der Waals surface area contributed by atoms with Crippen LogP contribution in [0.3, 0.4) is 0 Å². The molecule has 0 aliphatic heterocycles. The normalized spacial score (nSPS) is 8.40. The van der Waals surface area contributed by atoms with Gasteiger partial charge < -0.3 is 9.67 Å². The van der Waals surface area contributed by atoms with Gasteiger partial charge in [0.05, 0.1) is 0 Å². The lowest BCUT2D eigenvalue weighted by Gasteiger charge is -1.89. The molecule has 0 saturated carbocycles. The third kappa shape index (κ3) is 2.21. The molecule has 0 amide bonds. The van der Waals surface area contributed by atoms with Crippen LogP contribution in [0.25, 0.3) is 0 Å². The predicted molar refractivity (Wildman–Crippen MR) is 47.0 cm³/mol. The number of rotatable bonds is 0. The minimum Gasteiger partial charge on any atom is -0.400 e. The minimum absolute atomic E-state index is 0.947. The van der Waals surface area contributed by atoms with Crippen LogP contribution < -0.4 is 0 Å². The van der Waals surface area contributed by atoms with Crippen LogP contribution in [-0.2, 0) is 7.05 Å². The molecule has 58 valence electrons. The van der Waals surface area contributed by atoms with Gasteiger partial charge in [0.2, 0.25) is 0 Å². The first-order valence-corrected chi connectivity index (χ1v) is 4.06. The fourth-order valence-electron chi connectivity index (χ4n) is 0.438. The van der Waals surface area contributed by atoms with Gasteiger partial charge in [0.1, 0.15) is 0 Å². The maximum absolute atomic E-state index is 7.00. The number of hydrogen-bond acceptors (Lipinski definition) is 3. The molecular weight excluding hydrogens is 166 g/mol. The highest BCUT2D eigenvalue weighted by molar-refractivity contribution is 7.73. The maximum atomic E-state index is 7.00. The molecule has 0 fully saturated rings. The molecule has 1 aromatic rings. The fraction of sp³-hybridized carbons (Fsp3) is 0.500. The summed E-state index contributed by atoms with van der Waals surface area (Å²) in [7, 11) is 2.98. The van der Waals surface area contributed by atoms with Crippen molar-refractivity contribution >= 4 is 23.6 Å². The van der Waals surface area contributed by atoms with Gasteiger partial charge in [-0.15, -0.1) is 11.3 Å². The van der Waals surface area contributed by atoms with Crippen molar-refractivity contribution in [2.75, 3.05) is 7.11 Å². The summed E-state index contributed by atoms with van der Waals surface area (Å²) in [6.45, 7) is 2.05. The molecule has 1 rings (SSSR count). The van der Waals surface area contributed by atoms with Crippen LogP contribution in [0, 0.1) is 10.9 Å². The molecule has 1 N–H and O–H groups in total. The van der Waals surface area contributed by atoms with E-state index >= 15 is 0 Å². The Kier molecular flexibility index (Phi) is 4.51. The topological polar surface area (TPSA) is 25.2 Å². The Bertz CT molecular complexity index is 238. The molecule has 1 aromatic heterocycles. The highest BCUT2D eigenvalue weighted by atomic mass is 32.1. The average Bonchev–Trinajstić information content (AvgIpc) is 2.25. The summed E-state index contributed by atoms with van der Waals surface area (Å²) in [5.74, 6) is 0. The van der Waals surface area contributed by atoms with Crippen LogP contribution in [0.15, 0.2) is 5.38 Å². The van der Waals surface area contributed by atoms with Gasteiger partial charge in [-0.05, 0) is 19.1 Å². The number of hydrogen-bond donors (Lipinski definition) is 1. The summed E-state index contributed by atoms with van der Waals surface area (Å²) < 4.78 is 2.95. The molecule has 0 aromatic carbocycles. The summed E-state index contributed by atoms with van der Waals surface area (Å²) in [5.41, 5.74) is 1.24. The number of nitrogens with zero attached hydrogens (tertiary/aromatic N) is 1. The molecule has 0 aliphatic rings. The van der Waals surface area contributed by atoms with Crippen LogP contribution >= 0.6 is 23.6 Å². The van der Waals surface area contributed by atoms with E-state index in [9.17, 15) is 0 Å². The van der Waals surface area contributed by atoms with Gasteiger partial charge in [0, 0.05) is 25.2 Å². The molecule has 0 spiro atoms. The summed E-state index contributed by atoms with van der Waals surface area (Å²) in [5, 5.41) is 9.06. The smallest absolute Gasteiger partial charge is 0.160 e. The van der Waals surface area contributed by atoms with E-state index in [-0.39, 0.29) is 0 Å². The molecule has 4 heteroatoms. The number of aliphatic hydroxyl groups is 1. The lowest BCUT2D eigenvalue weighted by Crippen LogP contribution is -1.87. The van der Waals surface area contributed by atoms with E-state index in [1.165, 1.54) is 5.69 Å². The van der Waals surface area contributed by atoms with E-state index in [0.29, 0.717) is 0 Å². The standard InChI is InChI=1S/C5H7NS2.CH4O/c1-4-3-8-5(7)6(4)2;1-2/h3H,1-2H3;2H,1H3. The van der Waals surface area contributed by atoms with E-state index < -0.39 is 0 Å². The minimum atomic E-state index is 0.947. The second kappa shape index (κ2) is 4.60. The fourth-order valence-corrected chi connectivity index (χ4v) is 1.46. The number of aryl methyl sites for hydroxylation is 1. The van der Waals surface area contributed by atoms with Crippen molar-refractivity contribution in [1.82, 2.24) is 4.57 Å². The lowest BCUT2D eigenvalue weighted by molar-refractivity contribution is 0.399. The first kappa shape index (κ1) is 9.81. The zero-order valence-electron chi connectivity index (χ0n) is 6.29. The third-order valence-electron chi connectivity index (χ3n) is 1.13. The van der Waals surface area contributed by atoms with Gasteiger partial charge in [-0.25, -0.2) is 0 Å². The summed E-state index contributed by atoms with van der Waals surface area (Å²) in [6.07, 6.45) is 0. The first-order valence-electron chi connectivity index (χ1n) is 2.77. The SMILES string of the molecule is CO.Cc1csc(=S)n1C. The molecule has 0 atom stereocenters. The maximum Gasteiger partial charge on any atom is 0.160 e. The first-order chi connectivity index (χ1) is 4.72. The molecule has 0 saturated heterocycles. The zero-order valence-corrected chi connectivity index (χ0v) is 7.92. The van der Waals surface area contributed by atoms with Gasteiger partial charge in [-0.2, -0.15) is 0 Å². The Hall–Kier alpha value is -0.190. The Balaban J connectivity index is 0.000000371. The Morgan fingerprint density at radius 1 is 1.60 bits per heavy atom. The number of aliphatic hydroxyl groups excluding tert-OH is 1. The van der Waals surface area contributed by atoms with Crippen molar-refractivity contribution < 1.29 is 5.11 Å². The van der Waals surface area contributed by atoms with Crippen molar-refractivity contribution in [3.05, 3.63) is 15.0 Å². The summed E-state index contributed by atoms with van der Waals surface area (Å²) in [4.78, 5) is 0. The van der Waals surface area contributed by atoms with E-state index in [0.717, 1.165) is 11.1 Å². The third-order valence-corrected chi connectivity index (χ3v) is 2.63. The van der Waals surface area contributed by atoms with Crippen LogP contribution in [0.2, 0.25) is 0 Å². The quantitative estimate of drug-likeness (QED) is 0.611. The molecule has 2 nitrogen and oxygen atoms in total. The van der Waals surface area contributed by atoms with Gasteiger partial charge in [-0.1, -0.05) is 0 Å². The van der Waals surface area contributed by atoms with Gasteiger partial charge >= 0.3 is 0 Å². The van der Waals surface area contributed by atoms with Gasteiger partial charge in [0.15, 0.2) is 3.95 Å². The van der Waals surface area contributed by atoms with E-state index in [4.69, 9.17) is 17.3 Å². The molecule has 1 heterocycles. The van der Waals surface area contributed by atoms with Gasteiger partial charge in [-0.3, -0.25) is 0 Å². The van der Waals surface area contributed by atoms with Crippen molar-refractivity contribution in [1.29, 1.82) is 0 Å². The van der Waals surface area contributed by atoms with E-state index in [1.807, 2.05) is 18.5 Å². The Morgan fingerprint density at radius 2 is 2.10 bits per heavy atom. The van der Waals surface area contributed by atoms with E-state index in [2.05, 4.69) is 5.38 Å². The van der Waals surface area contributed by atoms with Crippen molar-refractivity contribution in [3.63, 3.8) is 0 Å². The molecule has 0 aliphatic carbocycles. The Morgan fingerprint density at radius 3 is 2.20 bits per heavy atom. The van der Waals surface area contributed by atoms with E-state index in [1.54, 1.807) is 11.3 Å². The van der Waals surface area contributed by atoms with Crippen LogP contribution in [-0.4, -0.2) is 16.8 Å². The highest BCUT2D eigenvalue weighted by Gasteiger charge is 1.89. The largest absolute Gasteiger partial charge is 0.400 e. The molecule has 0 radical (unpaired) electrons. The van der Waals surface area contributed by atoms with Gasteiger partial charge in [0.25, 0.3) is 0 Å². The second-order valence-electron chi connectivity index (χ2n) is 1.70. The summed E-state index contributed by atoms with van der Waals surface area (Å²) >= 11 is 6.56. The van der Waals surface area contributed by atoms with Crippen molar-refractivity contribution in [2.24, 2.45) is 7.05 Å². The van der Waals surface area contributed by atoms with Crippen molar-refractivity contribution in [3.8, 4) is 0 Å². The second-order valence-corrected chi connectivity index (χ2v) is 3.21. The highest BCUT2D eigenvalue weighted by Crippen LogP contribution is 2.05. The molecule has 10 heavy (non-hydrogen) atoms. The Labute approximate surface area is 69.8 Å². The molecular formula is C6H11NOS2. The molecule has 0 unspecified atom stereocenters. The van der Waals surface area contributed by atoms with Crippen LogP contribution in [0.1, 0.15) is 5.69 Å². The van der Waals surface area contributed by atoms with Crippen LogP contribution in [0.5, 0.6) is 0 Å². The van der Waals surface area contributed by atoms with Crippen LogP contribution in [0.4, 0.5) is 0 Å². The monoisotopic (exact) mass is 177 g/mol. The predicted octanol–water partition coefficient (Wildman–Crippen LogP) is 1.73. The lowest BCUT2D eigenvalue weighted by atomic mass is 10.6. The molecule has 0 bridgehead atoms. The summed E-state index contributed by atoms with van der Waals surface area (Å²) in [6, 6.07) is 0. The zero-order chi connectivity index (χ0) is 8.15. The number of aromatic nitrogens is 1. The van der Waals surface area contributed by atoms with Crippen molar-refractivity contribution in [2.45, 2.75) is 6.92 Å². The average molecular weight is 177 g/mol. The number of thiazole rings is 1.